The van der Waals surface area contributed by atoms with Crippen LogP contribution >= 0.6 is 7.82 Å². The van der Waals surface area contributed by atoms with Gasteiger partial charge < -0.3 is 24.6 Å². The topological polar surface area (TPSA) is 132 Å². The van der Waals surface area contributed by atoms with Gasteiger partial charge in [-0.2, -0.15) is 0 Å². The Morgan fingerprint density at radius 1 is 0.596 bits per heavy atom. The van der Waals surface area contributed by atoms with Crippen LogP contribution in [0.1, 0.15) is 168 Å². The maximum Gasteiger partial charge on any atom is 0.472 e. The molecule has 0 saturated carbocycles. The van der Waals surface area contributed by atoms with Crippen LogP contribution in [0.4, 0.5) is 0 Å². The summed E-state index contributed by atoms with van der Waals surface area (Å²) in [5.74, 6) is -0.401. The molecule has 3 unspecified atom stereocenters. The molecule has 0 bridgehead atoms. The molecule has 0 aromatic heterocycles. The van der Waals surface area contributed by atoms with Crippen LogP contribution in [0.3, 0.4) is 0 Å². The molecule has 52 heavy (non-hydrogen) atoms. The van der Waals surface area contributed by atoms with Crippen molar-refractivity contribution in [3.63, 3.8) is 0 Å². The number of carbonyl (C=O) groups is 1. The van der Waals surface area contributed by atoms with E-state index in [1.807, 2.05) is 0 Å². The summed E-state index contributed by atoms with van der Waals surface area (Å²) in [6.07, 6.45) is 42.1. The highest BCUT2D eigenvalue weighted by atomic mass is 31.2. The van der Waals surface area contributed by atoms with Gasteiger partial charge in [-0.1, -0.05) is 140 Å². The second kappa shape index (κ2) is 39.1. The van der Waals surface area contributed by atoms with Crippen LogP contribution in [0, 0.1) is 0 Å². The summed E-state index contributed by atoms with van der Waals surface area (Å²) >= 11 is 0. The Hall–Kier alpha value is -1.58. The predicted octanol–water partition coefficient (Wildman–Crippen LogP) is 11.0. The maximum atomic E-state index is 12.6. The van der Waals surface area contributed by atoms with Gasteiger partial charge in [-0.3, -0.25) is 13.8 Å². The summed E-state index contributed by atoms with van der Waals surface area (Å²) in [5, 5.41) is 18.3. The van der Waals surface area contributed by atoms with E-state index in [0.29, 0.717) is 13.0 Å². The van der Waals surface area contributed by atoms with E-state index in [9.17, 15) is 19.4 Å². The fraction of sp³-hybridized carbons (Fsp3) is 0.786. The van der Waals surface area contributed by atoms with Crippen molar-refractivity contribution in [3.05, 3.63) is 48.6 Å². The molecule has 0 spiro atoms. The molecule has 0 fully saturated rings. The van der Waals surface area contributed by atoms with Gasteiger partial charge in [-0.25, -0.2) is 4.57 Å². The predicted molar refractivity (Wildman–Crippen MR) is 214 cm³/mol. The van der Waals surface area contributed by atoms with Crippen molar-refractivity contribution in [2.24, 2.45) is 0 Å². The van der Waals surface area contributed by atoms with E-state index in [0.717, 1.165) is 77.0 Å². The van der Waals surface area contributed by atoms with E-state index >= 15 is 0 Å². The average molecular weight is 757 g/mol. The van der Waals surface area contributed by atoms with E-state index in [1.165, 1.54) is 64.2 Å². The lowest BCUT2D eigenvalue weighted by Crippen LogP contribution is -2.29. The Morgan fingerprint density at radius 2 is 1.08 bits per heavy atom. The van der Waals surface area contributed by atoms with E-state index in [4.69, 9.17) is 23.6 Å². The number of phosphoric ester groups is 1. The lowest BCUT2D eigenvalue weighted by Gasteiger charge is -2.20. The van der Waals surface area contributed by atoms with Gasteiger partial charge in [0.2, 0.25) is 0 Å². The van der Waals surface area contributed by atoms with Crippen LogP contribution in [-0.4, -0.2) is 66.3 Å². The summed E-state index contributed by atoms with van der Waals surface area (Å²) in [6, 6.07) is 0. The van der Waals surface area contributed by atoms with Gasteiger partial charge in [0.25, 0.3) is 0 Å². The first-order valence-corrected chi connectivity index (χ1v) is 22.1. The molecule has 3 N–H and O–H groups in total. The normalized spacial score (nSPS) is 14.6. The quantitative estimate of drug-likeness (QED) is 0.0243. The average Bonchev–Trinajstić information content (AvgIpc) is 3.13. The molecule has 0 saturated heterocycles. The minimum absolute atomic E-state index is 0.0383. The van der Waals surface area contributed by atoms with E-state index < -0.39 is 39.2 Å². The van der Waals surface area contributed by atoms with Crippen molar-refractivity contribution in [2.75, 3.05) is 33.0 Å². The molecule has 3 atom stereocenters. The monoisotopic (exact) mass is 757 g/mol. The Bertz CT molecular complexity index is 950. The third-order valence-electron chi connectivity index (χ3n) is 8.47. The van der Waals surface area contributed by atoms with E-state index in [1.54, 1.807) is 0 Å². The summed E-state index contributed by atoms with van der Waals surface area (Å²) in [5.41, 5.74) is 0. The third kappa shape index (κ3) is 38.2. The van der Waals surface area contributed by atoms with Gasteiger partial charge in [0.15, 0.2) is 0 Å². The smallest absolute Gasteiger partial charge is 0.457 e. The molecule has 0 radical (unpaired) electrons. The molecular formula is C42H77O9P. The van der Waals surface area contributed by atoms with Gasteiger partial charge in [-0.15, -0.1) is 0 Å². The lowest BCUT2D eigenvalue weighted by atomic mass is 10.1. The second-order valence-corrected chi connectivity index (χ2v) is 15.1. The molecule has 0 amide bonds. The first-order chi connectivity index (χ1) is 25.3. The Morgan fingerprint density at radius 3 is 1.62 bits per heavy atom. The SMILES string of the molecule is CCC/C=C\C/C=C\CCCCCCCC(=O)OC(COCCCCCCCCCC/C=C\C/C=C\CCCCC)COP(=O)(O)OCC(O)CO. The van der Waals surface area contributed by atoms with Crippen molar-refractivity contribution in [1.29, 1.82) is 0 Å². The van der Waals surface area contributed by atoms with Crippen LogP contribution in [0.5, 0.6) is 0 Å². The largest absolute Gasteiger partial charge is 0.472 e. The maximum absolute atomic E-state index is 12.6. The van der Waals surface area contributed by atoms with Crippen LogP contribution < -0.4 is 0 Å². The number of phosphoric acid groups is 1. The van der Waals surface area contributed by atoms with E-state index in [-0.39, 0.29) is 19.6 Å². The lowest BCUT2D eigenvalue weighted by molar-refractivity contribution is -0.154. The van der Waals surface area contributed by atoms with Crippen LogP contribution in [0.15, 0.2) is 48.6 Å². The zero-order chi connectivity index (χ0) is 38.2. The summed E-state index contributed by atoms with van der Waals surface area (Å²) in [4.78, 5) is 22.5. The van der Waals surface area contributed by atoms with Gasteiger partial charge in [-0.05, 0) is 70.6 Å². The van der Waals surface area contributed by atoms with Crippen molar-refractivity contribution in [1.82, 2.24) is 0 Å². The van der Waals surface area contributed by atoms with Gasteiger partial charge in [0.1, 0.15) is 12.2 Å². The molecule has 0 aliphatic carbocycles. The highest BCUT2D eigenvalue weighted by Crippen LogP contribution is 2.43. The highest BCUT2D eigenvalue weighted by Gasteiger charge is 2.26. The fourth-order valence-corrected chi connectivity index (χ4v) is 6.09. The molecule has 10 heteroatoms. The number of rotatable bonds is 39. The zero-order valence-corrected chi connectivity index (χ0v) is 33.9. The molecule has 304 valence electrons. The standard InChI is InChI=1S/C42H77O9P/c1-3-5-7-9-11-13-15-17-18-19-20-21-23-25-27-29-31-33-35-48-38-41(39-50-52(46,47)49-37-40(44)36-43)51-42(45)34-32-30-28-26-24-22-16-14-12-10-8-6-4-2/h8,10-11,13-14,16-18,40-41,43-44H,3-7,9,12,15,19-39H2,1-2H3,(H,46,47)/b10-8-,13-11-,16-14-,18-17-. The van der Waals surface area contributed by atoms with Gasteiger partial charge in [0, 0.05) is 13.0 Å². The molecule has 0 heterocycles. The molecule has 0 aromatic rings. The summed E-state index contributed by atoms with van der Waals surface area (Å²) in [7, 11) is -4.52. The van der Waals surface area contributed by atoms with Crippen molar-refractivity contribution in [2.45, 2.75) is 180 Å². The molecule has 0 rings (SSSR count). The minimum atomic E-state index is -4.52. The van der Waals surface area contributed by atoms with Crippen LogP contribution in [-0.2, 0) is 27.9 Å². The number of hydrogen-bond acceptors (Lipinski definition) is 8. The first-order valence-electron chi connectivity index (χ1n) is 20.6. The van der Waals surface area contributed by atoms with Gasteiger partial charge >= 0.3 is 13.8 Å². The highest BCUT2D eigenvalue weighted by molar-refractivity contribution is 7.47. The second-order valence-electron chi connectivity index (χ2n) is 13.6. The Labute approximate surface area is 317 Å². The van der Waals surface area contributed by atoms with Crippen molar-refractivity contribution >= 4 is 13.8 Å². The number of esters is 1. The van der Waals surface area contributed by atoms with Crippen LogP contribution in [0.25, 0.3) is 0 Å². The number of aliphatic hydroxyl groups excluding tert-OH is 2. The number of carbonyl (C=O) groups excluding carboxylic acids is 1. The number of hydrogen-bond donors (Lipinski definition) is 3. The molecule has 0 aromatic carbocycles. The first kappa shape index (κ1) is 50.4. The van der Waals surface area contributed by atoms with Crippen molar-refractivity contribution in [3.8, 4) is 0 Å². The summed E-state index contributed by atoms with van der Waals surface area (Å²) < 4.78 is 33.3. The minimum Gasteiger partial charge on any atom is -0.457 e. The van der Waals surface area contributed by atoms with Gasteiger partial charge in [0.05, 0.1) is 26.4 Å². The molecular weight excluding hydrogens is 679 g/mol. The molecule has 0 aliphatic rings. The van der Waals surface area contributed by atoms with E-state index in [2.05, 4.69) is 62.5 Å². The number of aliphatic hydroxyl groups is 2. The number of unbranched alkanes of at least 4 members (excludes halogenated alkanes) is 17. The van der Waals surface area contributed by atoms with Crippen LogP contribution in [0.2, 0.25) is 0 Å². The third-order valence-corrected chi connectivity index (χ3v) is 9.42. The molecule has 9 nitrogen and oxygen atoms in total. The van der Waals surface area contributed by atoms with Crippen molar-refractivity contribution < 1.29 is 43.0 Å². The molecule has 0 aliphatic heterocycles. The fourth-order valence-electron chi connectivity index (χ4n) is 5.30. The Balaban J connectivity index is 4.21. The Kier molecular flexibility index (Phi) is 37.9. The number of allylic oxidation sites excluding steroid dienone is 8. The zero-order valence-electron chi connectivity index (χ0n) is 33.0. The summed E-state index contributed by atoms with van der Waals surface area (Å²) in [6.45, 7) is 3.39. The number of ether oxygens (including phenoxy) is 2.